The number of nitrogens with zero attached hydrogens (tertiary/aromatic N) is 2. The van der Waals surface area contributed by atoms with E-state index in [-0.39, 0.29) is 22.4 Å². The van der Waals surface area contributed by atoms with Crippen molar-refractivity contribution in [2.45, 2.75) is 30.0 Å². The van der Waals surface area contributed by atoms with Crippen molar-refractivity contribution in [3.05, 3.63) is 54.4 Å². The van der Waals surface area contributed by atoms with Gasteiger partial charge in [0.2, 0.25) is 15.7 Å². The molecule has 1 saturated heterocycles. The molecule has 1 aliphatic heterocycles. The van der Waals surface area contributed by atoms with Gasteiger partial charge in [0.1, 0.15) is 0 Å². The second kappa shape index (κ2) is 8.64. The lowest BCUT2D eigenvalue weighted by atomic mass is 9.95. The number of carbonyl (C=O) groups excluding carboxylic acids is 1. The zero-order chi connectivity index (χ0) is 20.1. The zero-order valence-electron chi connectivity index (χ0n) is 15.1. The van der Waals surface area contributed by atoms with Crippen molar-refractivity contribution < 1.29 is 22.0 Å². The Hall–Kier alpha value is -2.55. The van der Waals surface area contributed by atoms with Crippen LogP contribution in [0.15, 0.2) is 53.7 Å². The van der Waals surface area contributed by atoms with Gasteiger partial charge in [0.05, 0.1) is 10.6 Å². The van der Waals surface area contributed by atoms with E-state index in [1.165, 1.54) is 18.2 Å². The molecule has 0 bridgehead atoms. The number of alkyl halides is 2. The number of halogens is 2. The monoisotopic (exact) mass is 409 g/mol. The Labute approximate surface area is 162 Å². The first-order valence-electron chi connectivity index (χ1n) is 8.92. The fraction of sp³-hybridized carbons (Fsp3) is 0.368. The fourth-order valence-corrected chi connectivity index (χ4v) is 4.22. The molecule has 0 saturated carbocycles. The number of benzene rings is 1. The number of amides is 1. The van der Waals surface area contributed by atoms with E-state index >= 15 is 0 Å². The molecule has 1 fully saturated rings. The number of para-hydroxylation sites is 1. The first kappa shape index (κ1) is 20.2. The van der Waals surface area contributed by atoms with E-state index in [2.05, 4.69) is 10.3 Å². The summed E-state index contributed by atoms with van der Waals surface area (Å²) >= 11 is 0. The van der Waals surface area contributed by atoms with Crippen molar-refractivity contribution in [2.75, 3.05) is 18.0 Å². The molecule has 1 N–H and O–H groups in total. The molecule has 0 aliphatic carbocycles. The standard InChI is InChI=1S/C19H21F2N3O3S/c20-19(21)28(26,27)17-6-2-1-5-16(17)24-10-7-15(8-11-24)18(25)23-13-14-4-3-9-22-12-14/h1-6,9,12,15,19H,7-8,10-11,13H2,(H,23,25). The molecular weight excluding hydrogens is 388 g/mol. The van der Waals surface area contributed by atoms with Gasteiger partial charge >= 0.3 is 5.76 Å². The van der Waals surface area contributed by atoms with Gasteiger partial charge < -0.3 is 10.2 Å². The van der Waals surface area contributed by atoms with E-state index in [1.807, 2.05) is 6.07 Å². The van der Waals surface area contributed by atoms with Crippen LogP contribution in [0.2, 0.25) is 0 Å². The first-order chi connectivity index (χ1) is 13.4. The summed E-state index contributed by atoms with van der Waals surface area (Å²) in [7, 11) is -4.69. The topological polar surface area (TPSA) is 79.4 Å². The lowest BCUT2D eigenvalue weighted by Crippen LogP contribution is -2.40. The minimum Gasteiger partial charge on any atom is -0.370 e. The molecule has 28 heavy (non-hydrogen) atoms. The quantitative estimate of drug-likeness (QED) is 0.794. The van der Waals surface area contributed by atoms with Crippen LogP contribution in [0.1, 0.15) is 18.4 Å². The maximum Gasteiger partial charge on any atom is 0.341 e. The largest absolute Gasteiger partial charge is 0.370 e. The Kier molecular flexibility index (Phi) is 6.23. The fourth-order valence-electron chi connectivity index (χ4n) is 3.27. The zero-order valence-corrected chi connectivity index (χ0v) is 15.9. The summed E-state index contributed by atoms with van der Waals surface area (Å²) in [6.45, 7) is 1.23. The van der Waals surface area contributed by atoms with Crippen LogP contribution in [0.25, 0.3) is 0 Å². The van der Waals surface area contributed by atoms with Crippen LogP contribution >= 0.6 is 0 Å². The van der Waals surface area contributed by atoms with Gasteiger partial charge in [-0.25, -0.2) is 8.42 Å². The second-order valence-electron chi connectivity index (χ2n) is 6.61. The third-order valence-electron chi connectivity index (χ3n) is 4.80. The number of carbonyl (C=O) groups is 1. The van der Waals surface area contributed by atoms with Crippen LogP contribution in [0, 0.1) is 5.92 Å². The van der Waals surface area contributed by atoms with Crippen molar-refractivity contribution >= 4 is 21.4 Å². The molecule has 9 heteroatoms. The minimum atomic E-state index is -4.69. The molecule has 6 nitrogen and oxygen atoms in total. The SMILES string of the molecule is O=C(NCc1cccnc1)C1CCN(c2ccccc2S(=O)(=O)C(F)F)CC1. The molecule has 1 aromatic heterocycles. The summed E-state index contributed by atoms with van der Waals surface area (Å²) in [5, 5.41) is 2.88. The van der Waals surface area contributed by atoms with Gasteiger partial charge in [-0.05, 0) is 36.6 Å². The third kappa shape index (κ3) is 4.46. The number of pyridine rings is 1. The molecule has 150 valence electrons. The number of aromatic nitrogens is 1. The van der Waals surface area contributed by atoms with E-state index in [0.717, 1.165) is 5.56 Å². The maximum absolute atomic E-state index is 13.0. The molecule has 0 atom stereocenters. The Morgan fingerprint density at radius 2 is 1.89 bits per heavy atom. The van der Waals surface area contributed by atoms with Gasteiger partial charge in [0.25, 0.3) is 0 Å². The summed E-state index contributed by atoms with van der Waals surface area (Å²) in [6.07, 6.45) is 4.38. The highest BCUT2D eigenvalue weighted by Gasteiger charge is 2.32. The molecule has 0 unspecified atom stereocenters. The van der Waals surface area contributed by atoms with Crippen LogP contribution in [-0.2, 0) is 21.2 Å². The van der Waals surface area contributed by atoms with Crippen LogP contribution in [0.4, 0.5) is 14.5 Å². The van der Waals surface area contributed by atoms with Crippen LogP contribution in [0.5, 0.6) is 0 Å². The van der Waals surface area contributed by atoms with E-state index in [0.29, 0.717) is 32.5 Å². The normalized spacial score (nSPS) is 15.6. The average molecular weight is 409 g/mol. The van der Waals surface area contributed by atoms with E-state index in [1.54, 1.807) is 29.4 Å². The number of piperidine rings is 1. The average Bonchev–Trinajstić information content (AvgIpc) is 2.73. The van der Waals surface area contributed by atoms with Gasteiger partial charge in [-0.1, -0.05) is 18.2 Å². The summed E-state index contributed by atoms with van der Waals surface area (Å²) in [5.41, 5.74) is 1.16. The van der Waals surface area contributed by atoms with E-state index < -0.39 is 15.6 Å². The second-order valence-corrected chi connectivity index (χ2v) is 8.50. The predicted molar refractivity (Wildman–Crippen MR) is 101 cm³/mol. The van der Waals surface area contributed by atoms with Crippen molar-refractivity contribution in [1.82, 2.24) is 10.3 Å². The van der Waals surface area contributed by atoms with Crippen molar-refractivity contribution in [2.24, 2.45) is 5.92 Å². The molecule has 0 spiro atoms. The van der Waals surface area contributed by atoms with E-state index in [4.69, 9.17) is 0 Å². The van der Waals surface area contributed by atoms with Crippen LogP contribution in [0.3, 0.4) is 0 Å². The first-order valence-corrected chi connectivity index (χ1v) is 10.5. The molecule has 3 rings (SSSR count). The Bertz CT molecular complexity index is 915. The molecule has 0 radical (unpaired) electrons. The lowest BCUT2D eigenvalue weighted by molar-refractivity contribution is -0.125. The Balaban J connectivity index is 1.62. The van der Waals surface area contributed by atoms with Gasteiger partial charge in [-0.15, -0.1) is 0 Å². The highest BCUT2D eigenvalue weighted by molar-refractivity contribution is 7.91. The minimum absolute atomic E-state index is 0.0722. The third-order valence-corrected chi connectivity index (χ3v) is 6.23. The number of rotatable bonds is 6. The van der Waals surface area contributed by atoms with Crippen molar-refractivity contribution in [3.63, 3.8) is 0 Å². The van der Waals surface area contributed by atoms with Crippen molar-refractivity contribution in [1.29, 1.82) is 0 Å². The number of hydrogen-bond acceptors (Lipinski definition) is 5. The maximum atomic E-state index is 13.0. The molecule has 1 amide bonds. The Morgan fingerprint density at radius 1 is 1.18 bits per heavy atom. The molecule has 2 heterocycles. The molecular formula is C19H21F2N3O3S. The lowest BCUT2D eigenvalue weighted by Gasteiger charge is -2.34. The Morgan fingerprint density at radius 3 is 2.54 bits per heavy atom. The molecule has 1 aliphatic rings. The number of nitrogens with one attached hydrogen (secondary N) is 1. The van der Waals surface area contributed by atoms with Crippen molar-refractivity contribution in [3.8, 4) is 0 Å². The predicted octanol–water partition coefficient (Wildman–Crippen LogP) is 2.61. The molecule has 2 aromatic rings. The summed E-state index contributed by atoms with van der Waals surface area (Å²) in [5.74, 6) is -3.74. The highest BCUT2D eigenvalue weighted by atomic mass is 32.2. The van der Waals surface area contributed by atoms with Crippen LogP contribution < -0.4 is 10.2 Å². The van der Waals surface area contributed by atoms with E-state index in [9.17, 15) is 22.0 Å². The van der Waals surface area contributed by atoms with Gasteiger partial charge in [0, 0.05) is 37.9 Å². The number of sulfone groups is 1. The number of anilines is 1. The number of hydrogen-bond donors (Lipinski definition) is 1. The molecule has 1 aromatic carbocycles. The summed E-state index contributed by atoms with van der Waals surface area (Å²) in [4.78, 5) is 17.8. The summed E-state index contributed by atoms with van der Waals surface area (Å²) < 4.78 is 49.8. The summed E-state index contributed by atoms with van der Waals surface area (Å²) in [6, 6.07) is 9.44. The van der Waals surface area contributed by atoms with Crippen LogP contribution in [-0.4, -0.2) is 38.2 Å². The highest BCUT2D eigenvalue weighted by Crippen LogP contribution is 2.32. The van der Waals surface area contributed by atoms with Gasteiger partial charge in [-0.3, -0.25) is 9.78 Å². The van der Waals surface area contributed by atoms with Gasteiger partial charge in [0.15, 0.2) is 0 Å². The van der Waals surface area contributed by atoms with Gasteiger partial charge in [-0.2, -0.15) is 8.78 Å². The smallest absolute Gasteiger partial charge is 0.341 e.